The van der Waals surface area contributed by atoms with Crippen molar-refractivity contribution in [1.29, 1.82) is 0 Å². The number of nitrogens with zero attached hydrogens (tertiary/aromatic N) is 2. The molecular formula is C19H20F5N3O. The topological polar surface area (TPSA) is 46.9 Å². The third kappa shape index (κ3) is 7.13. The fourth-order valence-corrected chi connectivity index (χ4v) is 2.51. The molecule has 152 valence electrons. The Labute approximate surface area is 159 Å². The molecule has 0 atom stereocenters. The van der Waals surface area contributed by atoms with Gasteiger partial charge in [0.1, 0.15) is 0 Å². The molecule has 0 aliphatic heterocycles. The van der Waals surface area contributed by atoms with E-state index in [-0.39, 0.29) is 12.0 Å². The summed E-state index contributed by atoms with van der Waals surface area (Å²) in [7, 11) is 0. The van der Waals surface area contributed by atoms with Crippen LogP contribution < -0.4 is 5.32 Å². The fraction of sp³-hybridized carbons (Fsp3) is 0.368. The Hall–Kier alpha value is -2.71. The molecule has 1 N–H and O–H groups in total. The van der Waals surface area contributed by atoms with Gasteiger partial charge in [-0.15, -0.1) is 0 Å². The monoisotopic (exact) mass is 401 g/mol. The number of nitrogens with one attached hydrogen (secondary N) is 1. The molecular weight excluding hydrogens is 381 g/mol. The van der Waals surface area contributed by atoms with Gasteiger partial charge in [0.25, 0.3) is 0 Å². The van der Waals surface area contributed by atoms with E-state index >= 15 is 0 Å². The van der Waals surface area contributed by atoms with Crippen LogP contribution >= 0.6 is 0 Å². The van der Waals surface area contributed by atoms with Crippen LogP contribution in [0.15, 0.2) is 42.7 Å². The Balaban J connectivity index is 1.89. The van der Waals surface area contributed by atoms with Gasteiger partial charge in [-0.2, -0.15) is 18.3 Å². The molecule has 1 aromatic carbocycles. The van der Waals surface area contributed by atoms with E-state index in [2.05, 4.69) is 10.4 Å². The quantitative estimate of drug-likeness (QED) is 0.367. The number of carbonyl (C=O) groups is 1. The van der Waals surface area contributed by atoms with Crippen molar-refractivity contribution in [3.8, 4) is 0 Å². The Kier molecular flexibility index (Phi) is 6.93. The number of benzene rings is 1. The second-order valence-corrected chi connectivity index (χ2v) is 6.43. The molecule has 0 saturated heterocycles. The third-order valence-corrected chi connectivity index (χ3v) is 3.83. The molecule has 0 radical (unpaired) electrons. The molecule has 0 unspecified atom stereocenters. The van der Waals surface area contributed by atoms with Crippen LogP contribution in [0.3, 0.4) is 0 Å². The minimum absolute atomic E-state index is 0.117. The lowest BCUT2D eigenvalue weighted by Gasteiger charge is -2.09. The molecule has 0 aliphatic rings. The molecule has 0 saturated carbocycles. The molecule has 4 nitrogen and oxygen atoms in total. The van der Waals surface area contributed by atoms with Crippen molar-refractivity contribution in [3.05, 3.63) is 53.9 Å². The lowest BCUT2D eigenvalue weighted by atomic mass is 10.1. The summed E-state index contributed by atoms with van der Waals surface area (Å²) in [4.78, 5) is 11.9. The summed E-state index contributed by atoms with van der Waals surface area (Å²) in [5, 5.41) is 6.50. The zero-order chi connectivity index (χ0) is 20.8. The summed E-state index contributed by atoms with van der Waals surface area (Å²) >= 11 is 0. The maximum Gasteiger partial charge on any atom is 0.416 e. The summed E-state index contributed by atoms with van der Waals surface area (Å²) in [5.41, 5.74) is -0.585. The molecule has 9 heteroatoms. The van der Waals surface area contributed by atoms with Gasteiger partial charge in [-0.1, -0.05) is 18.2 Å². The minimum atomic E-state index is -4.51. The predicted molar refractivity (Wildman–Crippen MR) is 95.8 cm³/mol. The number of aromatic nitrogens is 2. The first kappa shape index (κ1) is 21.6. The van der Waals surface area contributed by atoms with Crippen molar-refractivity contribution in [2.75, 3.05) is 5.32 Å². The molecule has 0 bridgehead atoms. The third-order valence-electron chi connectivity index (χ3n) is 3.83. The highest BCUT2D eigenvalue weighted by atomic mass is 19.4. The Morgan fingerprint density at radius 2 is 1.89 bits per heavy atom. The van der Waals surface area contributed by atoms with Crippen LogP contribution in [0.5, 0.6) is 0 Å². The summed E-state index contributed by atoms with van der Waals surface area (Å²) in [6.07, 6.45) is 1.13. The van der Waals surface area contributed by atoms with E-state index in [0.29, 0.717) is 25.1 Å². The zero-order valence-corrected chi connectivity index (χ0v) is 15.1. The van der Waals surface area contributed by atoms with Crippen molar-refractivity contribution in [2.45, 2.75) is 44.8 Å². The van der Waals surface area contributed by atoms with E-state index in [0.717, 1.165) is 25.1 Å². The van der Waals surface area contributed by atoms with E-state index in [1.165, 1.54) is 35.3 Å². The normalized spacial score (nSPS) is 12.5. The number of amides is 1. The van der Waals surface area contributed by atoms with E-state index in [1.807, 2.05) is 0 Å². The molecule has 0 fully saturated rings. The van der Waals surface area contributed by atoms with Gasteiger partial charge in [0.05, 0.1) is 17.4 Å². The Morgan fingerprint density at radius 3 is 2.57 bits per heavy atom. The first-order valence-electron chi connectivity index (χ1n) is 8.60. The molecule has 2 rings (SSSR count). The van der Waals surface area contributed by atoms with Gasteiger partial charge < -0.3 is 5.32 Å². The van der Waals surface area contributed by atoms with Crippen molar-refractivity contribution >= 4 is 17.7 Å². The van der Waals surface area contributed by atoms with Gasteiger partial charge in [0, 0.05) is 25.2 Å². The highest BCUT2D eigenvalue weighted by molar-refractivity contribution is 6.01. The van der Waals surface area contributed by atoms with Crippen molar-refractivity contribution in [1.82, 2.24) is 9.78 Å². The average molecular weight is 401 g/mol. The lowest BCUT2D eigenvalue weighted by molar-refractivity contribution is -0.137. The molecule has 1 heterocycles. The summed E-state index contributed by atoms with van der Waals surface area (Å²) in [6.45, 7) is 1.29. The molecule has 0 aliphatic carbocycles. The predicted octanol–water partition coefficient (Wildman–Crippen LogP) is 5.38. The first-order chi connectivity index (χ1) is 13.0. The summed E-state index contributed by atoms with van der Waals surface area (Å²) < 4.78 is 65.8. The average Bonchev–Trinajstić information content (AvgIpc) is 3.03. The van der Waals surface area contributed by atoms with Gasteiger partial charge in [0.15, 0.2) is 0 Å². The maximum absolute atomic E-state index is 12.9. The standard InChI is InChI=1S/C19H20F5N3O/c1-18(20,21)10-4-5-11-27-13-15(12-25-27)26-17(28)9-8-14-6-2-3-7-16(14)19(22,23)24/h2-3,6-9,12-13H,4-5,10-11H2,1H3,(H,26,28). The largest absolute Gasteiger partial charge is 0.416 e. The number of carbonyl (C=O) groups excluding carboxylic acids is 1. The molecule has 2 aromatic rings. The zero-order valence-electron chi connectivity index (χ0n) is 15.1. The van der Waals surface area contributed by atoms with Crippen molar-refractivity contribution < 1.29 is 26.7 Å². The second kappa shape index (κ2) is 8.99. The smallest absolute Gasteiger partial charge is 0.320 e. The number of hydrogen-bond donors (Lipinski definition) is 1. The van der Waals surface area contributed by atoms with Gasteiger partial charge >= 0.3 is 6.18 Å². The van der Waals surface area contributed by atoms with E-state index in [9.17, 15) is 26.7 Å². The van der Waals surface area contributed by atoms with Crippen LogP contribution in [0.1, 0.15) is 37.3 Å². The van der Waals surface area contributed by atoms with Crippen LogP contribution in [0, 0.1) is 0 Å². The lowest BCUT2D eigenvalue weighted by Crippen LogP contribution is -2.10. The number of anilines is 1. The fourth-order valence-electron chi connectivity index (χ4n) is 2.51. The van der Waals surface area contributed by atoms with Crippen LogP contribution in [-0.2, 0) is 17.5 Å². The summed E-state index contributed by atoms with van der Waals surface area (Å²) in [6, 6.07) is 4.93. The molecule has 1 aromatic heterocycles. The van der Waals surface area contributed by atoms with Crippen LogP contribution in [0.2, 0.25) is 0 Å². The van der Waals surface area contributed by atoms with Crippen molar-refractivity contribution in [2.24, 2.45) is 0 Å². The van der Waals surface area contributed by atoms with E-state index in [1.54, 1.807) is 0 Å². The minimum Gasteiger partial charge on any atom is -0.320 e. The number of alkyl halides is 5. The number of halogens is 5. The number of unbranched alkanes of at least 4 members (excludes halogenated alkanes) is 1. The van der Waals surface area contributed by atoms with Crippen LogP contribution in [0.25, 0.3) is 6.08 Å². The van der Waals surface area contributed by atoms with Crippen molar-refractivity contribution in [3.63, 3.8) is 0 Å². The van der Waals surface area contributed by atoms with E-state index < -0.39 is 23.6 Å². The van der Waals surface area contributed by atoms with Crippen LogP contribution in [0.4, 0.5) is 27.6 Å². The molecule has 28 heavy (non-hydrogen) atoms. The van der Waals surface area contributed by atoms with E-state index in [4.69, 9.17) is 0 Å². The first-order valence-corrected chi connectivity index (χ1v) is 8.60. The maximum atomic E-state index is 12.9. The Morgan fingerprint density at radius 1 is 1.18 bits per heavy atom. The summed E-state index contributed by atoms with van der Waals surface area (Å²) in [5.74, 6) is -3.30. The number of aryl methyl sites for hydroxylation is 1. The Bertz CT molecular complexity index is 821. The molecule has 1 amide bonds. The highest BCUT2D eigenvalue weighted by Crippen LogP contribution is 2.32. The van der Waals surface area contributed by atoms with Gasteiger partial charge in [0.2, 0.25) is 11.8 Å². The van der Waals surface area contributed by atoms with Gasteiger partial charge in [-0.05, 0) is 37.5 Å². The van der Waals surface area contributed by atoms with Crippen LogP contribution in [-0.4, -0.2) is 21.6 Å². The number of rotatable bonds is 8. The highest BCUT2D eigenvalue weighted by Gasteiger charge is 2.32. The SMILES string of the molecule is CC(F)(F)CCCCn1cc(NC(=O)C=Cc2ccccc2C(F)(F)F)cn1. The molecule has 0 spiro atoms. The van der Waals surface area contributed by atoms with Gasteiger partial charge in [-0.25, -0.2) is 8.78 Å². The van der Waals surface area contributed by atoms with Gasteiger partial charge in [-0.3, -0.25) is 9.48 Å². The number of hydrogen-bond acceptors (Lipinski definition) is 2. The second-order valence-electron chi connectivity index (χ2n) is 6.43.